The Kier molecular flexibility index (Phi) is 5.16. The van der Waals surface area contributed by atoms with Crippen molar-refractivity contribution in [1.29, 1.82) is 0 Å². The molecule has 1 saturated carbocycles. The van der Waals surface area contributed by atoms with Crippen LogP contribution in [-0.4, -0.2) is 46.5 Å². The number of amides is 1. The molecular weight excluding hydrogens is 331 g/mol. The molecule has 1 aromatic rings. The van der Waals surface area contributed by atoms with Crippen LogP contribution in [0.25, 0.3) is 0 Å². The zero-order valence-electron chi connectivity index (χ0n) is 16.3. The van der Waals surface area contributed by atoms with Crippen molar-refractivity contribution < 1.29 is 19.2 Å². The molecule has 1 amide bonds. The number of pyridine rings is 1. The van der Waals surface area contributed by atoms with Gasteiger partial charge >= 0.3 is 7.12 Å². The van der Waals surface area contributed by atoms with Crippen LogP contribution in [-0.2, 0) is 9.31 Å². The maximum atomic E-state index is 12.6. The van der Waals surface area contributed by atoms with Crippen molar-refractivity contribution in [2.75, 3.05) is 0 Å². The van der Waals surface area contributed by atoms with Crippen molar-refractivity contribution in [3.63, 3.8) is 0 Å². The number of rotatable bonds is 3. The van der Waals surface area contributed by atoms with Gasteiger partial charge in [0, 0.05) is 6.20 Å². The molecule has 1 saturated heterocycles. The van der Waals surface area contributed by atoms with Crippen molar-refractivity contribution in [3.8, 4) is 0 Å². The second kappa shape index (κ2) is 6.95. The van der Waals surface area contributed by atoms with Gasteiger partial charge in [-0.05, 0) is 64.6 Å². The monoisotopic (exact) mass is 360 g/mol. The summed E-state index contributed by atoms with van der Waals surface area (Å²) in [6.45, 7) is 9.94. The van der Waals surface area contributed by atoms with E-state index in [-0.39, 0.29) is 11.9 Å². The van der Waals surface area contributed by atoms with Gasteiger partial charge in [0.15, 0.2) is 0 Å². The van der Waals surface area contributed by atoms with E-state index in [1.165, 1.54) is 0 Å². The first-order valence-electron chi connectivity index (χ1n) is 9.42. The molecule has 1 aliphatic carbocycles. The Morgan fingerprint density at radius 3 is 2.46 bits per heavy atom. The molecule has 2 fully saturated rings. The van der Waals surface area contributed by atoms with Crippen LogP contribution in [0.2, 0.25) is 0 Å². The number of aromatic nitrogens is 1. The van der Waals surface area contributed by atoms with Gasteiger partial charge in [0.1, 0.15) is 5.69 Å². The normalized spacial score (nSPS) is 27.4. The lowest BCUT2D eigenvalue weighted by Gasteiger charge is -2.32. The molecule has 26 heavy (non-hydrogen) atoms. The van der Waals surface area contributed by atoms with Crippen LogP contribution >= 0.6 is 0 Å². The van der Waals surface area contributed by atoms with Gasteiger partial charge in [-0.15, -0.1) is 0 Å². The van der Waals surface area contributed by atoms with Crippen molar-refractivity contribution >= 4 is 18.5 Å². The van der Waals surface area contributed by atoms with Gasteiger partial charge in [0.25, 0.3) is 5.91 Å². The fraction of sp³-hybridized carbons (Fsp3) is 0.684. The zero-order chi connectivity index (χ0) is 19.1. The maximum absolute atomic E-state index is 12.6. The first kappa shape index (κ1) is 19.3. The molecule has 3 rings (SSSR count). The standard InChI is InChI=1S/C19H29BN2O4/c1-12-11-21-15(17(24)22-14-8-6-7-9-16(14)23)10-13(12)20-25-18(2,3)19(4,5)26-20/h10-11,14,16,23H,6-9H2,1-5H3,(H,22,24). The summed E-state index contributed by atoms with van der Waals surface area (Å²) in [5.41, 5.74) is 1.16. The van der Waals surface area contributed by atoms with Crippen LogP contribution in [0.15, 0.2) is 12.3 Å². The lowest BCUT2D eigenvalue weighted by molar-refractivity contribution is 0.00578. The van der Waals surface area contributed by atoms with E-state index in [1.54, 1.807) is 12.3 Å². The molecule has 2 atom stereocenters. The van der Waals surface area contributed by atoms with Gasteiger partial charge in [0.2, 0.25) is 0 Å². The third-order valence-corrected chi connectivity index (χ3v) is 5.93. The van der Waals surface area contributed by atoms with Crippen molar-refractivity contribution in [2.24, 2.45) is 0 Å². The van der Waals surface area contributed by atoms with Crippen LogP contribution in [0.4, 0.5) is 0 Å². The number of aliphatic hydroxyl groups is 1. The van der Waals surface area contributed by atoms with E-state index in [1.807, 2.05) is 34.6 Å². The first-order chi connectivity index (χ1) is 12.1. The summed E-state index contributed by atoms with van der Waals surface area (Å²) in [5.74, 6) is -0.270. The Bertz CT molecular complexity index is 676. The molecule has 1 aliphatic heterocycles. The van der Waals surface area contributed by atoms with Crippen LogP contribution < -0.4 is 10.8 Å². The number of carbonyl (C=O) groups is 1. The predicted molar refractivity (Wildman–Crippen MR) is 100 cm³/mol. The lowest BCUT2D eigenvalue weighted by Crippen LogP contribution is -2.45. The Hall–Kier alpha value is -1.44. The fourth-order valence-corrected chi connectivity index (χ4v) is 3.41. The van der Waals surface area contributed by atoms with E-state index >= 15 is 0 Å². The molecule has 0 spiro atoms. The molecule has 0 bridgehead atoms. The minimum Gasteiger partial charge on any atom is -0.399 e. The van der Waals surface area contributed by atoms with Crippen molar-refractivity contribution in [3.05, 3.63) is 23.5 Å². The summed E-state index contributed by atoms with van der Waals surface area (Å²) in [5, 5.41) is 13.0. The molecule has 2 heterocycles. The molecule has 0 radical (unpaired) electrons. The minimum absolute atomic E-state index is 0.209. The highest BCUT2D eigenvalue weighted by atomic mass is 16.7. The summed E-state index contributed by atoms with van der Waals surface area (Å²) in [7, 11) is -0.533. The van der Waals surface area contributed by atoms with Crippen LogP contribution in [0.5, 0.6) is 0 Å². The Balaban J connectivity index is 1.79. The average Bonchev–Trinajstić information content (AvgIpc) is 2.77. The number of nitrogens with one attached hydrogen (secondary N) is 1. The second-order valence-corrected chi connectivity index (χ2v) is 8.45. The van der Waals surface area contributed by atoms with Gasteiger partial charge < -0.3 is 19.7 Å². The summed E-state index contributed by atoms with van der Waals surface area (Å²) < 4.78 is 12.2. The summed E-state index contributed by atoms with van der Waals surface area (Å²) in [4.78, 5) is 16.9. The smallest absolute Gasteiger partial charge is 0.399 e. The lowest BCUT2D eigenvalue weighted by atomic mass is 9.76. The molecular formula is C19H29BN2O4. The molecule has 2 unspecified atom stereocenters. The topological polar surface area (TPSA) is 80.7 Å². The van der Waals surface area contributed by atoms with Gasteiger partial charge in [-0.2, -0.15) is 0 Å². The van der Waals surface area contributed by atoms with Crippen LogP contribution in [0.3, 0.4) is 0 Å². The van der Waals surface area contributed by atoms with E-state index in [0.717, 1.165) is 36.7 Å². The number of aryl methyl sites for hydroxylation is 1. The van der Waals surface area contributed by atoms with Gasteiger partial charge in [0.05, 0.1) is 23.3 Å². The van der Waals surface area contributed by atoms with E-state index in [0.29, 0.717) is 5.69 Å². The molecule has 0 aromatic carbocycles. The van der Waals surface area contributed by atoms with E-state index in [4.69, 9.17) is 9.31 Å². The van der Waals surface area contributed by atoms with Gasteiger partial charge in [-0.3, -0.25) is 9.78 Å². The molecule has 7 heteroatoms. The van der Waals surface area contributed by atoms with Crippen LogP contribution in [0, 0.1) is 6.92 Å². The average molecular weight is 360 g/mol. The van der Waals surface area contributed by atoms with Gasteiger partial charge in [-0.25, -0.2) is 0 Å². The Labute approximate surface area is 155 Å². The summed E-state index contributed by atoms with van der Waals surface area (Å²) in [6, 6.07) is 1.53. The van der Waals surface area contributed by atoms with Crippen LogP contribution in [0.1, 0.15) is 69.4 Å². The van der Waals surface area contributed by atoms with Crippen molar-refractivity contribution in [2.45, 2.75) is 83.6 Å². The van der Waals surface area contributed by atoms with Gasteiger partial charge in [-0.1, -0.05) is 12.8 Å². The van der Waals surface area contributed by atoms with E-state index in [2.05, 4.69) is 10.3 Å². The molecule has 6 nitrogen and oxygen atoms in total. The first-order valence-corrected chi connectivity index (χ1v) is 9.42. The molecule has 2 N–H and O–H groups in total. The van der Waals surface area contributed by atoms with Crippen molar-refractivity contribution in [1.82, 2.24) is 10.3 Å². The molecule has 2 aliphatic rings. The molecule has 1 aromatic heterocycles. The highest BCUT2D eigenvalue weighted by Gasteiger charge is 2.52. The third kappa shape index (κ3) is 3.66. The third-order valence-electron chi connectivity index (χ3n) is 5.93. The highest BCUT2D eigenvalue weighted by Crippen LogP contribution is 2.36. The van der Waals surface area contributed by atoms with E-state index in [9.17, 15) is 9.90 Å². The fourth-order valence-electron chi connectivity index (χ4n) is 3.41. The Morgan fingerprint density at radius 1 is 1.23 bits per heavy atom. The SMILES string of the molecule is Cc1cnc(C(=O)NC2CCCCC2O)cc1B1OC(C)(C)C(C)(C)O1. The number of nitrogens with zero attached hydrogens (tertiary/aromatic N) is 1. The predicted octanol–water partition coefficient (Wildman–Crippen LogP) is 1.72. The second-order valence-electron chi connectivity index (χ2n) is 8.45. The maximum Gasteiger partial charge on any atom is 0.495 e. The quantitative estimate of drug-likeness (QED) is 0.803. The largest absolute Gasteiger partial charge is 0.495 e. The number of carbonyl (C=O) groups excluding carboxylic acids is 1. The number of aliphatic hydroxyl groups excluding tert-OH is 1. The Morgan fingerprint density at radius 2 is 1.85 bits per heavy atom. The molecule has 142 valence electrons. The summed E-state index contributed by atoms with van der Waals surface area (Å²) in [6.07, 6.45) is 4.73. The van der Waals surface area contributed by atoms with E-state index < -0.39 is 24.4 Å². The number of hydrogen-bond donors (Lipinski definition) is 2. The summed E-state index contributed by atoms with van der Waals surface area (Å²) >= 11 is 0. The minimum atomic E-state index is -0.533. The zero-order valence-corrected chi connectivity index (χ0v) is 16.3. The number of hydrogen-bond acceptors (Lipinski definition) is 5. The highest BCUT2D eigenvalue weighted by molar-refractivity contribution is 6.62.